The fourth-order valence-electron chi connectivity index (χ4n) is 7.87. The molecule has 1 aliphatic rings. The predicted octanol–water partition coefficient (Wildman–Crippen LogP) is 14.5. The van der Waals surface area contributed by atoms with E-state index in [0.29, 0.717) is 6.42 Å². The van der Waals surface area contributed by atoms with Crippen LogP contribution in [-0.2, 0) is 11.2 Å². The molecular weight excluding hydrogens is 588 g/mol. The first-order valence-corrected chi connectivity index (χ1v) is 21.0. The minimum Gasteiger partial charge on any atom is -0.487 e. The first kappa shape index (κ1) is 42.7. The van der Waals surface area contributed by atoms with Gasteiger partial charge in [0.05, 0.1) is 0 Å². The molecule has 48 heavy (non-hydrogen) atoms. The van der Waals surface area contributed by atoms with Crippen LogP contribution in [0.15, 0.2) is 0 Å². The molecule has 0 bridgehead atoms. The Bertz CT molecular complexity index is 1030. The van der Waals surface area contributed by atoms with E-state index in [4.69, 9.17) is 9.47 Å². The third-order valence-corrected chi connectivity index (χ3v) is 11.5. The summed E-state index contributed by atoms with van der Waals surface area (Å²) in [5.74, 6) is 4.24. The van der Waals surface area contributed by atoms with Gasteiger partial charge in [0.1, 0.15) is 17.1 Å². The van der Waals surface area contributed by atoms with Gasteiger partial charge in [-0.15, -0.1) is 0 Å². The molecule has 0 saturated carbocycles. The van der Waals surface area contributed by atoms with Crippen molar-refractivity contribution in [2.45, 2.75) is 228 Å². The Balaban J connectivity index is 1.70. The van der Waals surface area contributed by atoms with Gasteiger partial charge in [0, 0.05) is 12.0 Å². The lowest BCUT2D eigenvalue weighted by molar-refractivity contribution is -0.134. The van der Waals surface area contributed by atoms with Crippen LogP contribution in [0.25, 0.3) is 0 Å². The summed E-state index contributed by atoms with van der Waals surface area (Å²) < 4.78 is 12.9. The van der Waals surface area contributed by atoms with Crippen LogP contribution in [0.5, 0.6) is 11.5 Å². The summed E-state index contributed by atoms with van der Waals surface area (Å²) in [6.45, 7) is 20.5. The second-order valence-corrected chi connectivity index (χ2v) is 16.9. The number of carbonyl (C=O) groups is 1. The van der Waals surface area contributed by atoms with Crippen molar-refractivity contribution in [1.29, 1.82) is 0 Å². The van der Waals surface area contributed by atoms with Crippen molar-refractivity contribution < 1.29 is 14.3 Å². The lowest BCUT2D eigenvalue weighted by atomic mass is 9.83. The van der Waals surface area contributed by atoms with Crippen LogP contribution in [-0.4, -0.2) is 11.6 Å². The Morgan fingerprint density at radius 1 is 0.667 bits per heavy atom. The minimum atomic E-state index is -0.117. The van der Waals surface area contributed by atoms with Crippen LogP contribution in [0.4, 0.5) is 0 Å². The molecule has 0 saturated heterocycles. The van der Waals surface area contributed by atoms with E-state index in [1.165, 1.54) is 128 Å². The molecule has 0 N–H and O–H groups in total. The highest BCUT2D eigenvalue weighted by Gasteiger charge is 2.34. The van der Waals surface area contributed by atoms with Crippen LogP contribution >= 0.6 is 0 Å². The molecule has 278 valence electrons. The van der Waals surface area contributed by atoms with Crippen molar-refractivity contribution >= 4 is 5.97 Å². The van der Waals surface area contributed by atoms with E-state index in [9.17, 15) is 4.79 Å². The molecule has 0 amide bonds. The largest absolute Gasteiger partial charge is 0.487 e. The summed E-state index contributed by atoms with van der Waals surface area (Å²) >= 11 is 0. The molecule has 2 rings (SSSR count). The third-order valence-electron chi connectivity index (χ3n) is 11.5. The van der Waals surface area contributed by atoms with Gasteiger partial charge in [-0.05, 0) is 94.2 Å². The standard InChI is InChI=1S/C45H80O3/c1-10-11-12-13-14-15-16-17-18-19-20-21-22-31-42(46)47-43-38(6)39(7)44-41(40(43)8)32-34-45(9,48-44)33-25-30-37(5)29-24-28-36(4)27-23-26-35(2)3/h35-37H,10-34H2,1-9H3. The Morgan fingerprint density at radius 3 is 1.71 bits per heavy atom. The van der Waals surface area contributed by atoms with Crippen LogP contribution in [0.3, 0.4) is 0 Å². The van der Waals surface area contributed by atoms with Gasteiger partial charge in [-0.25, -0.2) is 0 Å². The maximum Gasteiger partial charge on any atom is 0.311 e. The first-order chi connectivity index (χ1) is 23.0. The van der Waals surface area contributed by atoms with Gasteiger partial charge in [0.15, 0.2) is 0 Å². The number of ether oxygens (including phenoxy) is 2. The summed E-state index contributed by atoms with van der Waals surface area (Å²) in [4.78, 5) is 12.9. The first-order valence-electron chi connectivity index (χ1n) is 21.0. The fourth-order valence-corrected chi connectivity index (χ4v) is 7.87. The highest BCUT2D eigenvalue weighted by atomic mass is 16.5. The zero-order valence-corrected chi connectivity index (χ0v) is 33.6. The molecule has 0 fully saturated rings. The van der Waals surface area contributed by atoms with Gasteiger partial charge in [-0.2, -0.15) is 0 Å². The number of unbranched alkanes of at least 4 members (excludes halogenated alkanes) is 12. The van der Waals surface area contributed by atoms with Gasteiger partial charge in [0.25, 0.3) is 0 Å². The van der Waals surface area contributed by atoms with E-state index in [0.717, 1.165) is 78.0 Å². The zero-order chi connectivity index (χ0) is 35.4. The van der Waals surface area contributed by atoms with Gasteiger partial charge in [0.2, 0.25) is 0 Å². The third kappa shape index (κ3) is 16.5. The second kappa shape index (κ2) is 23.8. The zero-order valence-electron chi connectivity index (χ0n) is 33.6. The molecule has 1 aromatic carbocycles. The molecule has 1 heterocycles. The quantitative estimate of drug-likeness (QED) is 0.0532. The summed E-state index contributed by atoms with van der Waals surface area (Å²) in [7, 11) is 0. The van der Waals surface area contributed by atoms with Crippen molar-refractivity contribution in [3.05, 3.63) is 22.3 Å². The van der Waals surface area contributed by atoms with Crippen LogP contribution in [0.1, 0.15) is 218 Å². The number of esters is 1. The number of benzene rings is 1. The topological polar surface area (TPSA) is 35.5 Å². The van der Waals surface area contributed by atoms with E-state index in [1.54, 1.807) is 0 Å². The molecule has 0 aromatic heterocycles. The lowest BCUT2D eigenvalue weighted by Crippen LogP contribution is -2.37. The molecule has 0 spiro atoms. The highest BCUT2D eigenvalue weighted by Crippen LogP contribution is 2.45. The Morgan fingerprint density at radius 2 is 1.17 bits per heavy atom. The summed E-state index contributed by atoms with van der Waals surface area (Å²) in [5, 5.41) is 0. The average Bonchev–Trinajstić information content (AvgIpc) is 3.04. The SMILES string of the molecule is CCCCCCCCCCCCCCCC(=O)Oc1c(C)c(C)c2c(c1C)CCC(C)(CCCC(C)CCCC(C)CCCC(C)C)O2. The van der Waals surface area contributed by atoms with Gasteiger partial charge >= 0.3 is 5.97 Å². The molecule has 3 unspecified atom stereocenters. The predicted molar refractivity (Wildman–Crippen MR) is 209 cm³/mol. The van der Waals surface area contributed by atoms with Gasteiger partial charge in [-0.3, -0.25) is 4.79 Å². The number of hydrogen-bond donors (Lipinski definition) is 0. The maximum atomic E-state index is 12.9. The molecule has 3 heteroatoms. The number of hydrogen-bond acceptors (Lipinski definition) is 3. The summed E-state index contributed by atoms with van der Waals surface area (Å²) in [6, 6.07) is 0. The molecular formula is C45H80O3. The van der Waals surface area contributed by atoms with Crippen molar-refractivity contribution in [1.82, 2.24) is 0 Å². The molecule has 3 nitrogen and oxygen atoms in total. The summed E-state index contributed by atoms with van der Waals surface area (Å²) in [5.41, 5.74) is 4.42. The summed E-state index contributed by atoms with van der Waals surface area (Å²) in [6.07, 6.45) is 31.5. The van der Waals surface area contributed by atoms with E-state index in [1.807, 2.05) is 0 Å². The normalized spacial score (nSPS) is 17.3. The maximum absolute atomic E-state index is 12.9. The van der Waals surface area contributed by atoms with Crippen molar-refractivity contribution in [2.75, 3.05) is 0 Å². The minimum absolute atomic E-state index is 0.0834. The molecule has 1 aliphatic heterocycles. The van der Waals surface area contributed by atoms with Crippen LogP contribution in [0, 0.1) is 38.5 Å². The number of carbonyl (C=O) groups excluding carboxylic acids is 1. The van der Waals surface area contributed by atoms with E-state index >= 15 is 0 Å². The van der Waals surface area contributed by atoms with E-state index in [-0.39, 0.29) is 11.6 Å². The average molecular weight is 669 g/mol. The van der Waals surface area contributed by atoms with Crippen LogP contribution < -0.4 is 9.47 Å². The van der Waals surface area contributed by atoms with Crippen molar-refractivity contribution in [2.24, 2.45) is 17.8 Å². The smallest absolute Gasteiger partial charge is 0.311 e. The van der Waals surface area contributed by atoms with E-state index in [2.05, 4.69) is 62.3 Å². The Labute approximate surface area is 299 Å². The van der Waals surface area contributed by atoms with Gasteiger partial charge < -0.3 is 9.47 Å². The number of rotatable bonds is 27. The van der Waals surface area contributed by atoms with Crippen molar-refractivity contribution in [3.63, 3.8) is 0 Å². The fraction of sp³-hybridized carbons (Fsp3) is 0.844. The molecule has 0 aliphatic carbocycles. The van der Waals surface area contributed by atoms with Crippen LogP contribution in [0.2, 0.25) is 0 Å². The highest BCUT2D eigenvalue weighted by molar-refractivity contribution is 5.74. The monoisotopic (exact) mass is 669 g/mol. The Kier molecular flexibility index (Phi) is 21.2. The molecule has 0 radical (unpaired) electrons. The van der Waals surface area contributed by atoms with Gasteiger partial charge in [-0.1, -0.05) is 157 Å². The number of fused-ring (bicyclic) bond motifs is 1. The molecule has 3 atom stereocenters. The lowest BCUT2D eigenvalue weighted by Gasteiger charge is -2.38. The second-order valence-electron chi connectivity index (χ2n) is 16.9. The van der Waals surface area contributed by atoms with E-state index < -0.39 is 0 Å². The molecule has 1 aromatic rings. The van der Waals surface area contributed by atoms with Crippen molar-refractivity contribution in [3.8, 4) is 11.5 Å². The Hall–Kier alpha value is -1.51.